The van der Waals surface area contributed by atoms with Gasteiger partial charge in [0.15, 0.2) is 11.5 Å². The molecule has 2 heterocycles. The van der Waals surface area contributed by atoms with Crippen molar-refractivity contribution in [3.8, 4) is 11.5 Å². The molecule has 3 rings (SSSR count). The zero-order valence-electron chi connectivity index (χ0n) is 16.7. The number of hydrogen-bond donors (Lipinski definition) is 1. The molecule has 0 saturated heterocycles. The van der Waals surface area contributed by atoms with Crippen LogP contribution in [0, 0.1) is 0 Å². The largest absolute Gasteiger partial charge is 0.483 e. The first-order valence-corrected chi connectivity index (χ1v) is 11.6. The van der Waals surface area contributed by atoms with Gasteiger partial charge in [0.25, 0.3) is 10.1 Å². The first-order chi connectivity index (χ1) is 13.3. The van der Waals surface area contributed by atoms with Crippen molar-refractivity contribution < 1.29 is 22.4 Å². The van der Waals surface area contributed by atoms with Gasteiger partial charge in [0.2, 0.25) is 6.23 Å². The van der Waals surface area contributed by atoms with Crippen molar-refractivity contribution in [3.05, 3.63) is 35.0 Å². The Morgan fingerprint density at radius 2 is 1.79 bits per heavy atom. The number of anilines is 1. The van der Waals surface area contributed by atoms with Gasteiger partial charge in [-0.1, -0.05) is 26.8 Å². The Bertz CT molecular complexity index is 844. The lowest BCUT2D eigenvalue weighted by Gasteiger charge is -2.33. The highest BCUT2D eigenvalue weighted by Gasteiger charge is 2.26. The van der Waals surface area contributed by atoms with Crippen LogP contribution in [0.25, 0.3) is 0 Å². The van der Waals surface area contributed by atoms with Gasteiger partial charge >= 0.3 is 0 Å². The molecule has 1 aromatic heterocycles. The Morgan fingerprint density at radius 1 is 1.14 bits per heavy atom. The Labute approximate surface area is 171 Å². The average molecular weight is 429 g/mol. The van der Waals surface area contributed by atoms with Gasteiger partial charge in [-0.05, 0) is 37.8 Å². The summed E-state index contributed by atoms with van der Waals surface area (Å²) >= 11 is 1.49. The number of rotatable bonds is 6. The van der Waals surface area contributed by atoms with Crippen LogP contribution in [0.5, 0.6) is 11.5 Å². The van der Waals surface area contributed by atoms with Gasteiger partial charge in [-0.15, -0.1) is 11.3 Å². The monoisotopic (exact) mass is 428 g/mol. The molecular weight excluding hydrogens is 400 g/mol. The first kappa shape index (κ1) is 22.5. The van der Waals surface area contributed by atoms with Gasteiger partial charge in [0, 0.05) is 23.5 Å². The molecular formula is C19H28N2O5S2. The van der Waals surface area contributed by atoms with E-state index in [2.05, 4.69) is 25.7 Å². The van der Waals surface area contributed by atoms with Crippen LogP contribution < -0.4 is 14.4 Å². The van der Waals surface area contributed by atoms with E-state index in [0.717, 1.165) is 5.75 Å². The molecule has 2 aromatic rings. The van der Waals surface area contributed by atoms with Crippen LogP contribution in [-0.4, -0.2) is 57.4 Å². The number of likely N-dealkylation sites (N-methyl/N-ethyl adjacent to an activating group) is 1. The molecule has 0 saturated carbocycles. The maximum absolute atomic E-state index is 11.2. The zero-order valence-corrected chi connectivity index (χ0v) is 18.3. The normalized spacial score (nSPS) is 15.7. The molecule has 1 N–H and O–H groups in total. The summed E-state index contributed by atoms with van der Waals surface area (Å²) < 4.78 is 42.9. The molecule has 1 aromatic carbocycles. The van der Waals surface area contributed by atoms with Gasteiger partial charge in [-0.25, -0.2) is 0 Å². The van der Waals surface area contributed by atoms with E-state index in [1.54, 1.807) is 24.1 Å². The van der Waals surface area contributed by atoms with Crippen LogP contribution in [0.2, 0.25) is 0 Å². The van der Waals surface area contributed by atoms with Crippen LogP contribution in [0.15, 0.2) is 39.9 Å². The van der Waals surface area contributed by atoms with E-state index in [1.807, 2.05) is 10.8 Å². The van der Waals surface area contributed by atoms with E-state index >= 15 is 0 Å². The second-order valence-electron chi connectivity index (χ2n) is 6.19. The van der Waals surface area contributed by atoms with Crippen LogP contribution in [0.1, 0.15) is 20.8 Å². The fourth-order valence-corrected chi connectivity index (χ4v) is 3.89. The molecule has 0 aliphatic carbocycles. The minimum absolute atomic E-state index is 0.153. The molecule has 156 valence electrons. The summed E-state index contributed by atoms with van der Waals surface area (Å²) in [5.41, 5.74) is 0.609. The van der Waals surface area contributed by atoms with E-state index in [4.69, 9.17) is 14.0 Å². The van der Waals surface area contributed by atoms with Crippen molar-refractivity contribution in [2.24, 2.45) is 0 Å². The third-order valence-corrected chi connectivity index (χ3v) is 6.08. The maximum atomic E-state index is 11.2. The molecule has 0 spiro atoms. The topological polar surface area (TPSA) is 79.3 Å². The number of benzene rings is 1. The standard InChI is InChI=1S/C13H13NO5S2.C6H15N/c1-14(9-3-2-4-10(5-9)21(15,16)17)13-6-18-11-7-20-8-12(11)19-13;1-4-7(5-2)6-3/h2-5,7-8,13H,6H2,1H3,(H,15,16,17);4-6H2,1-3H3. The summed E-state index contributed by atoms with van der Waals surface area (Å²) in [7, 11) is -2.45. The summed E-state index contributed by atoms with van der Waals surface area (Å²) in [6, 6.07) is 6.03. The predicted molar refractivity (Wildman–Crippen MR) is 112 cm³/mol. The van der Waals surface area contributed by atoms with Crippen LogP contribution in [0.3, 0.4) is 0 Å². The van der Waals surface area contributed by atoms with Crippen molar-refractivity contribution in [2.75, 3.05) is 38.2 Å². The molecule has 0 amide bonds. The molecule has 9 heteroatoms. The van der Waals surface area contributed by atoms with Gasteiger partial charge in [-0.3, -0.25) is 4.55 Å². The summed E-state index contributed by atoms with van der Waals surface area (Å²) in [6.07, 6.45) is -0.372. The van der Waals surface area contributed by atoms with Crippen molar-refractivity contribution >= 4 is 27.1 Å². The highest BCUT2D eigenvalue weighted by atomic mass is 32.2. The molecule has 1 unspecified atom stereocenters. The summed E-state index contributed by atoms with van der Waals surface area (Å²) in [6.45, 7) is 10.5. The molecule has 1 aliphatic rings. The Hall–Kier alpha value is -1.81. The molecule has 1 aliphatic heterocycles. The van der Waals surface area contributed by atoms with Gasteiger partial charge < -0.3 is 19.3 Å². The number of ether oxygens (including phenoxy) is 2. The van der Waals surface area contributed by atoms with Crippen molar-refractivity contribution in [1.29, 1.82) is 0 Å². The predicted octanol–water partition coefficient (Wildman–Crippen LogP) is 3.58. The lowest BCUT2D eigenvalue weighted by molar-refractivity contribution is 0.0930. The Balaban J connectivity index is 0.000000345. The number of thiophene rings is 1. The van der Waals surface area contributed by atoms with Crippen molar-refractivity contribution in [2.45, 2.75) is 31.9 Å². The molecule has 0 radical (unpaired) electrons. The number of hydrogen-bond acceptors (Lipinski definition) is 7. The van der Waals surface area contributed by atoms with Crippen molar-refractivity contribution in [3.63, 3.8) is 0 Å². The molecule has 28 heavy (non-hydrogen) atoms. The SMILES string of the molecule is CCN(CC)CC.CN(c1cccc(S(=O)(=O)O)c1)C1COc2cscc2O1. The van der Waals surface area contributed by atoms with Crippen molar-refractivity contribution in [1.82, 2.24) is 4.90 Å². The fourth-order valence-electron chi connectivity index (χ4n) is 2.70. The lowest BCUT2D eigenvalue weighted by atomic mass is 10.3. The van der Waals surface area contributed by atoms with E-state index in [9.17, 15) is 8.42 Å². The highest BCUT2D eigenvalue weighted by molar-refractivity contribution is 7.85. The summed E-state index contributed by atoms with van der Waals surface area (Å²) in [5, 5.41) is 3.72. The second-order valence-corrected chi connectivity index (χ2v) is 8.35. The molecule has 0 bridgehead atoms. The Morgan fingerprint density at radius 3 is 2.36 bits per heavy atom. The minimum Gasteiger partial charge on any atom is -0.483 e. The third-order valence-electron chi connectivity index (χ3n) is 4.53. The lowest BCUT2D eigenvalue weighted by Crippen LogP contribution is -2.43. The smallest absolute Gasteiger partial charge is 0.294 e. The molecule has 1 atom stereocenters. The fraction of sp³-hybridized carbons (Fsp3) is 0.474. The van der Waals surface area contributed by atoms with Gasteiger partial charge in [0.05, 0.1) is 4.90 Å². The summed E-state index contributed by atoms with van der Waals surface area (Å²) in [4.78, 5) is 3.98. The number of fused-ring (bicyclic) bond motifs is 1. The second kappa shape index (κ2) is 10.1. The molecule has 7 nitrogen and oxygen atoms in total. The van der Waals surface area contributed by atoms with E-state index in [1.165, 1.54) is 43.1 Å². The highest BCUT2D eigenvalue weighted by Crippen LogP contribution is 2.36. The molecule has 0 fully saturated rings. The van der Waals surface area contributed by atoms with Gasteiger partial charge in [-0.2, -0.15) is 8.42 Å². The van der Waals surface area contributed by atoms with E-state index < -0.39 is 10.1 Å². The number of nitrogens with zero attached hydrogens (tertiary/aromatic N) is 2. The van der Waals surface area contributed by atoms with Gasteiger partial charge in [0.1, 0.15) is 6.61 Å². The quantitative estimate of drug-likeness (QED) is 0.705. The van der Waals surface area contributed by atoms with Crippen LogP contribution >= 0.6 is 11.3 Å². The zero-order chi connectivity index (χ0) is 20.7. The maximum Gasteiger partial charge on any atom is 0.294 e. The minimum atomic E-state index is -4.23. The van der Waals surface area contributed by atoms with Crippen LogP contribution in [0.4, 0.5) is 5.69 Å². The Kier molecular flexibility index (Phi) is 8.11. The van der Waals surface area contributed by atoms with Crippen LogP contribution in [-0.2, 0) is 10.1 Å². The first-order valence-electron chi connectivity index (χ1n) is 9.18. The average Bonchev–Trinajstić information content (AvgIpc) is 3.16. The van der Waals surface area contributed by atoms with E-state index in [0.29, 0.717) is 18.0 Å². The summed E-state index contributed by atoms with van der Waals surface area (Å²) in [5.74, 6) is 1.39. The third kappa shape index (κ3) is 5.84. The van der Waals surface area contributed by atoms with E-state index in [-0.39, 0.29) is 11.1 Å².